The van der Waals surface area contributed by atoms with Crippen molar-refractivity contribution in [3.05, 3.63) is 65.3 Å². The van der Waals surface area contributed by atoms with Crippen LogP contribution in [0.3, 0.4) is 0 Å². The van der Waals surface area contributed by atoms with Crippen LogP contribution in [0.4, 0.5) is 0 Å². The van der Waals surface area contributed by atoms with Gasteiger partial charge in [0.15, 0.2) is 5.16 Å². The molecule has 1 aromatic carbocycles. The Morgan fingerprint density at radius 3 is 2.88 bits per heavy atom. The minimum atomic E-state index is -0.372. The molecular weight excluding hydrogens is 348 g/mol. The van der Waals surface area contributed by atoms with Crippen LogP contribution in [0.5, 0.6) is 0 Å². The summed E-state index contributed by atoms with van der Waals surface area (Å²) in [6.07, 6.45) is 5.10. The molecule has 0 aliphatic carbocycles. The van der Waals surface area contributed by atoms with Gasteiger partial charge in [0.25, 0.3) is 0 Å². The Kier molecular flexibility index (Phi) is 5.27. The van der Waals surface area contributed by atoms with Gasteiger partial charge < -0.3 is 9.15 Å². The number of furan rings is 1. The molecule has 0 unspecified atom stereocenters. The van der Waals surface area contributed by atoms with Gasteiger partial charge in [0.05, 0.1) is 18.6 Å². The summed E-state index contributed by atoms with van der Waals surface area (Å²) in [7, 11) is 0. The maximum atomic E-state index is 11.9. The van der Waals surface area contributed by atoms with Gasteiger partial charge in [0, 0.05) is 23.1 Å². The first kappa shape index (κ1) is 16.7. The first-order valence-electron chi connectivity index (χ1n) is 7.34. The maximum Gasteiger partial charge on any atom is 0.341 e. The van der Waals surface area contributed by atoms with E-state index in [1.54, 1.807) is 19.2 Å². The quantitative estimate of drug-likeness (QED) is 0.474. The molecule has 0 N–H and O–H groups in total. The summed E-state index contributed by atoms with van der Waals surface area (Å²) in [6.45, 7) is 2.10. The van der Waals surface area contributed by atoms with E-state index in [-0.39, 0.29) is 5.97 Å². The zero-order chi connectivity index (χ0) is 16.9. The van der Waals surface area contributed by atoms with Crippen molar-refractivity contribution in [2.24, 2.45) is 0 Å². The summed E-state index contributed by atoms with van der Waals surface area (Å²) >= 11 is 7.41. The second-order valence-electron chi connectivity index (χ2n) is 4.82. The lowest BCUT2D eigenvalue weighted by Gasteiger charge is -2.07. The van der Waals surface area contributed by atoms with Crippen molar-refractivity contribution in [3.8, 4) is 5.69 Å². The van der Waals surface area contributed by atoms with Crippen LogP contribution in [0.15, 0.2) is 58.6 Å². The Balaban J connectivity index is 1.75. The Morgan fingerprint density at radius 1 is 1.33 bits per heavy atom. The topological polar surface area (TPSA) is 57.3 Å². The molecule has 0 aliphatic heterocycles. The lowest BCUT2D eigenvalue weighted by molar-refractivity contribution is 0.0524. The van der Waals surface area contributed by atoms with Gasteiger partial charge in [-0.25, -0.2) is 9.78 Å². The molecule has 24 heavy (non-hydrogen) atoms. The van der Waals surface area contributed by atoms with Gasteiger partial charge in [0.1, 0.15) is 11.3 Å². The molecule has 0 aliphatic rings. The molecule has 0 bridgehead atoms. The summed E-state index contributed by atoms with van der Waals surface area (Å²) in [5.41, 5.74) is 1.42. The highest BCUT2D eigenvalue weighted by Crippen LogP contribution is 2.26. The summed E-state index contributed by atoms with van der Waals surface area (Å²) < 4.78 is 12.4. The van der Waals surface area contributed by atoms with Crippen molar-refractivity contribution in [3.63, 3.8) is 0 Å². The molecule has 0 radical (unpaired) electrons. The average Bonchev–Trinajstić information content (AvgIpc) is 3.23. The van der Waals surface area contributed by atoms with Crippen LogP contribution in [0.1, 0.15) is 23.0 Å². The third-order valence-electron chi connectivity index (χ3n) is 3.28. The summed E-state index contributed by atoms with van der Waals surface area (Å²) in [5, 5.41) is 1.48. The zero-order valence-corrected chi connectivity index (χ0v) is 14.5. The van der Waals surface area contributed by atoms with Crippen LogP contribution in [0, 0.1) is 0 Å². The number of carbonyl (C=O) groups is 1. The number of nitrogens with zero attached hydrogens (tertiary/aromatic N) is 2. The minimum Gasteiger partial charge on any atom is -0.468 e. The number of thioether (sulfide) groups is 1. The van der Waals surface area contributed by atoms with E-state index in [2.05, 4.69) is 4.98 Å². The Labute approximate surface area is 148 Å². The number of esters is 1. The number of benzene rings is 1. The smallest absolute Gasteiger partial charge is 0.341 e. The third kappa shape index (κ3) is 3.66. The predicted molar refractivity (Wildman–Crippen MR) is 92.8 cm³/mol. The molecule has 0 saturated heterocycles. The number of carbonyl (C=O) groups excluding carboxylic acids is 1. The van der Waals surface area contributed by atoms with Gasteiger partial charge in [-0.1, -0.05) is 23.4 Å². The molecule has 2 heterocycles. The molecule has 0 fully saturated rings. The largest absolute Gasteiger partial charge is 0.468 e. The van der Waals surface area contributed by atoms with Crippen molar-refractivity contribution in [2.45, 2.75) is 17.8 Å². The van der Waals surface area contributed by atoms with Crippen LogP contribution in [-0.4, -0.2) is 22.1 Å². The Hall–Kier alpha value is -2.18. The number of hydrogen-bond donors (Lipinski definition) is 0. The minimum absolute atomic E-state index is 0.331. The lowest BCUT2D eigenvalue weighted by atomic mass is 10.3. The number of hydrogen-bond acceptors (Lipinski definition) is 5. The van der Waals surface area contributed by atoms with E-state index < -0.39 is 0 Å². The molecule has 0 saturated carbocycles. The molecule has 3 rings (SSSR count). The summed E-state index contributed by atoms with van der Waals surface area (Å²) in [4.78, 5) is 16.2. The number of rotatable bonds is 6. The third-order valence-corrected chi connectivity index (χ3v) is 4.50. The second-order valence-corrected chi connectivity index (χ2v) is 6.20. The van der Waals surface area contributed by atoms with E-state index in [4.69, 9.17) is 20.8 Å². The van der Waals surface area contributed by atoms with E-state index in [1.165, 1.54) is 18.0 Å². The second kappa shape index (κ2) is 7.59. The van der Waals surface area contributed by atoms with Crippen LogP contribution in [-0.2, 0) is 10.5 Å². The van der Waals surface area contributed by atoms with Gasteiger partial charge in [-0.2, -0.15) is 0 Å². The average molecular weight is 363 g/mol. The fourth-order valence-corrected chi connectivity index (χ4v) is 3.22. The summed E-state index contributed by atoms with van der Waals surface area (Å²) in [5.74, 6) is 0.679. The van der Waals surface area contributed by atoms with Crippen LogP contribution < -0.4 is 0 Å². The van der Waals surface area contributed by atoms with Crippen LogP contribution in [0.2, 0.25) is 5.02 Å². The Bertz CT molecular complexity index is 826. The fraction of sp³-hybridized carbons (Fsp3) is 0.176. The van der Waals surface area contributed by atoms with E-state index >= 15 is 0 Å². The number of halogens is 1. The van der Waals surface area contributed by atoms with E-state index in [0.29, 0.717) is 28.7 Å². The Morgan fingerprint density at radius 2 is 2.12 bits per heavy atom. The van der Waals surface area contributed by atoms with Gasteiger partial charge in [-0.15, -0.1) is 0 Å². The zero-order valence-electron chi connectivity index (χ0n) is 12.9. The molecular formula is C17H15ClN2O3S. The molecule has 5 nitrogen and oxygen atoms in total. The van der Waals surface area contributed by atoms with E-state index in [9.17, 15) is 4.79 Å². The first-order valence-corrected chi connectivity index (χ1v) is 8.71. The molecule has 2 aromatic heterocycles. The highest BCUT2D eigenvalue weighted by Gasteiger charge is 2.17. The van der Waals surface area contributed by atoms with Crippen molar-refractivity contribution in [2.75, 3.05) is 6.61 Å². The van der Waals surface area contributed by atoms with Crippen molar-refractivity contribution < 1.29 is 13.9 Å². The molecule has 3 aromatic rings. The number of aromatic nitrogens is 2. The monoisotopic (exact) mass is 362 g/mol. The van der Waals surface area contributed by atoms with Gasteiger partial charge >= 0.3 is 5.97 Å². The standard InChI is InChI=1S/C17H15ClN2O3S/c1-2-22-16(21)14-7-10-23-15(14)11-24-17-19-8-9-20(17)13-5-3-12(18)4-6-13/h3-10H,2,11H2,1H3. The maximum absolute atomic E-state index is 11.9. The first-order chi connectivity index (χ1) is 11.7. The number of imidazole rings is 1. The lowest BCUT2D eigenvalue weighted by Crippen LogP contribution is -2.05. The SMILES string of the molecule is CCOC(=O)c1ccoc1CSc1nccn1-c1ccc(Cl)cc1. The van der Waals surface area contributed by atoms with Crippen molar-refractivity contribution >= 4 is 29.3 Å². The van der Waals surface area contributed by atoms with Crippen LogP contribution >= 0.6 is 23.4 Å². The normalized spacial score (nSPS) is 10.8. The van der Waals surface area contributed by atoms with Gasteiger partial charge in [0.2, 0.25) is 0 Å². The fourth-order valence-electron chi connectivity index (χ4n) is 2.17. The number of ether oxygens (including phenoxy) is 1. The molecule has 7 heteroatoms. The predicted octanol–water partition coefficient (Wildman–Crippen LogP) is 4.59. The molecule has 124 valence electrons. The van der Waals surface area contributed by atoms with Crippen molar-refractivity contribution in [1.29, 1.82) is 0 Å². The van der Waals surface area contributed by atoms with E-state index in [0.717, 1.165) is 10.8 Å². The molecule has 0 atom stereocenters. The van der Waals surface area contributed by atoms with Crippen LogP contribution in [0.25, 0.3) is 5.69 Å². The van der Waals surface area contributed by atoms with Crippen molar-refractivity contribution in [1.82, 2.24) is 9.55 Å². The summed E-state index contributed by atoms with van der Waals surface area (Å²) in [6, 6.07) is 9.13. The van der Waals surface area contributed by atoms with Gasteiger partial charge in [-0.05, 0) is 37.3 Å². The molecule has 0 spiro atoms. The highest BCUT2D eigenvalue weighted by molar-refractivity contribution is 7.98. The molecule has 0 amide bonds. The van der Waals surface area contributed by atoms with E-state index in [1.807, 2.05) is 35.0 Å². The van der Waals surface area contributed by atoms with Gasteiger partial charge in [-0.3, -0.25) is 4.57 Å². The highest BCUT2D eigenvalue weighted by atomic mass is 35.5.